The molecule has 0 bridgehead atoms. The normalized spacial score (nSPS) is 13.8. The summed E-state index contributed by atoms with van der Waals surface area (Å²) in [4.78, 5) is 2.22. The van der Waals surface area contributed by atoms with Crippen molar-refractivity contribution in [3.63, 3.8) is 0 Å². The first-order valence-corrected chi connectivity index (χ1v) is 12.2. The van der Waals surface area contributed by atoms with Gasteiger partial charge in [0, 0.05) is 0 Å². The zero-order valence-electron chi connectivity index (χ0n) is 10.0. The zero-order chi connectivity index (χ0) is 10.4. The van der Waals surface area contributed by atoms with Crippen LogP contribution in [0.2, 0.25) is 8.86 Å². The van der Waals surface area contributed by atoms with Crippen LogP contribution in [0, 0.1) is 5.92 Å². The fourth-order valence-corrected chi connectivity index (χ4v) is 4.56. The van der Waals surface area contributed by atoms with E-state index in [2.05, 4.69) is 44.4 Å². The summed E-state index contributed by atoms with van der Waals surface area (Å²) in [6.07, 6.45) is 0.459. The van der Waals surface area contributed by atoms with Crippen LogP contribution >= 0.6 is 0 Å². The van der Waals surface area contributed by atoms with Gasteiger partial charge in [0.2, 0.25) is 0 Å². The molecule has 3 heteroatoms. The molecule has 0 saturated heterocycles. The van der Waals surface area contributed by atoms with Crippen LogP contribution in [0.1, 0.15) is 20.8 Å². The minimum atomic E-state index is -1.53. The van der Waals surface area contributed by atoms with Crippen LogP contribution in [0.4, 0.5) is 0 Å². The molecule has 0 heterocycles. The fourth-order valence-electron chi connectivity index (χ4n) is 1.17. The van der Waals surface area contributed by atoms with Crippen LogP contribution in [-0.4, -0.2) is 53.5 Å². The van der Waals surface area contributed by atoms with Crippen LogP contribution in [0.25, 0.3) is 0 Å². The average Bonchev–Trinajstić information content (AvgIpc) is 2.02. The summed E-state index contributed by atoms with van der Waals surface area (Å²) < 4.78 is 9.80. The molecule has 0 radical (unpaired) electrons. The molecule has 0 aromatic carbocycles. The van der Waals surface area contributed by atoms with E-state index in [1.807, 2.05) is 0 Å². The Morgan fingerprint density at radius 2 is 1.85 bits per heavy atom. The number of likely N-dealkylation sites (N-methyl/N-ethyl adjacent to an activating group) is 1. The van der Waals surface area contributed by atoms with E-state index in [1.54, 1.807) is 0 Å². The summed E-state index contributed by atoms with van der Waals surface area (Å²) in [5.74, 6) is 0.646. The van der Waals surface area contributed by atoms with Gasteiger partial charge < -0.3 is 0 Å². The van der Waals surface area contributed by atoms with Gasteiger partial charge in [-0.3, -0.25) is 0 Å². The van der Waals surface area contributed by atoms with Crippen molar-refractivity contribution in [1.29, 1.82) is 0 Å². The number of rotatable bonds is 6. The minimum absolute atomic E-state index is 0.459. The molecule has 1 unspecified atom stereocenters. The van der Waals surface area contributed by atoms with Crippen molar-refractivity contribution in [2.75, 3.05) is 20.6 Å². The first-order valence-electron chi connectivity index (χ1n) is 5.27. The van der Waals surface area contributed by atoms with Crippen LogP contribution in [0.3, 0.4) is 0 Å². The van der Waals surface area contributed by atoms with Crippen molar-refractivity contribution in [1.82, 2.24) is 4.90 Å². The van der Waals surface area contributed by atoms with Gasteiger partial charge >= 0.3 is 91.9 Å². The molecule has 0 aromatic rings. The first kappa shape index (κ1) is 13.8. The Morgan fingerprint density at radius 1 is 1.31 bits per heavy atom. The molecule has 0 aliphatic rings. The molecule has 0 N–H and O–H groups in total. The van der Waals surface area contributed by atoms with E-state index >= 15 is 0 Å². The second-order valence-electron chi connectivity index (χ2n) is 4.40. The molecule has 0 aliphatic carbocycles. The third-order valence-electron chi connectivity index (χ3n) is 2.27. The monoisotopic (exact) mass is 289 g/mol. The van der Waals surface area contributed by atoms with E-state index in [-0.39, 0.29) is 0 Å². The topological polar surface area (TPSA) is 12.5 Å². The Morgan fingerprint density at radius 3 is 2.15 bits per heavy atom. The molecule has 13 heavy (non-hydrogen) atoms. The van der Waals surface area contributed by atoms with Crippen molar-refractivity contribution in [3.05, 3.63) is 0 Å². The van der Waals surface area contributed by atoms with E-state index in [0.29, 0.717) is 12.0 Å². The zero-order valence-corrected chi connectivity index (χ0v) is 13.3. The molecular weight excluding hydrogens is 265 g/mol. The summed E-state index contributed by atoms with van der Waals surface area (Å²) in [6, 6.07) is 0. The molecule has 1 atom stereocenters. The Balaban J connectivity index is 3.94. The van der Waals surface area contributed by atoms with Gasteiger partial charge in [0.05, 0.1) is 0 Å². The second kappa shape index (κ2) is 7.13. The van der Waals surface area contributed by atoms with E-state index in [4.69, 9.17) is 2.85 Å². The van der Waals surface area contributed by atoms with Gasteiger partial charge in [-0.05, 0) is 0 Å². The summed E-state index contributed by atoms with van der Waals surface area (Å²) in [5.41, 5.74) is 0. The molecule has 0 amide bonds. The Bertz CT molecular complexity index is 128. The quantitative estimate of drug-likeness (QED) is 0.743. The van der Waals surface area contributed by atoms with Crippen molar-refractivity contribution >= 4 is 21.9 Å². The van der Waals surface area contributed by atoms with Gasteiger partial charge in [0.15, 0.2) is 0 Å². The van der Waals surface area contributed by atoms with Gasteiger partial charge in [0.25, 0.3) is 0 Å². The molecule has 2 nitrogen and oxygen atoms in total. The molecule has 0 saturated carbocycles. The maximum absolute atomic E-state index is 6.14. The molecule has 0 aliphatic heterocycles. The van der Waals surface area contributed by atoms with Crippen LogP contribution in [-0.2, 0) is 2.85 Å². The van der Waals surface area contributed by atoms with Crippen LogP contribution in [0.15, 0.2) is 0 Å². The van der Waals surface area contributed by atoms with Crippen molar-refractivity contribution in [2.45, 2.75) is 35.7 Å². The summed E-state index contributed by atoms with van der Waals surface area (Å²) in [7, 11) is 4.23. The first-order chi connectivity index (χ1) is 5.97. The van der Waals surface area contributed by atoms with Gasteiger partial charge in [-0.1, -0.05) is 0 Å². The van der Waals surface area contributed by atoms with E-state index in [9.17, 15) is 0 Å². The van der Waals surface area contributed by atoms with Gasteiger partial charge in [-0.15, -0.1) is 0 Å². The number of nitrogens with zero attached hydrogens (tertiary/aromatic N) is 1. The van der Waals surface area contributed by atoms with E-state index < -0.39 is 21.9 Å². The summed E-state index contributed by atoms with van der Waals surface area (Å²) in [6.45, 7) is 7.83. The molecule has 78 valence electrons. The predicted molar refractivity (Wildman–Crippen MR) is 60.4 cm³/mol. The SMILES string of the molecule is C[CH2][In]([CH3])[O]C(CN(C)C)C(C)C. The summed E-state index contributed by atoms with van der Waals surface area (Å²) >= 11 is -1.53. The standard InChI is InChI=1S/C7H16NO.C2H5.CH3.In/c1-6(2)7(9)5-8(3)4;1-2;;/h6-7H,5H2,1-4H3;1H2,2H3;1H3;/q-1;;;+1. The van der Waals surface area contributed by atoms with Gasteiger partial charge in [-0.2, -0.15) is 0 Å². The maximum atomic E-state index is 6.14. The Labute approximate surface area is 91.8 Å². The van der Waals surface area contributed by atoms with Crippen LogP contribution in [0.5, 0.6) is 0 Å². The third-order valence-corrected chi connectivity index (χ3v) is 7.88. The van der Waals surface area contributed by atoms with Gasteiger partial charge in [-0.25, -0.2) is 0 Å². The van der Waals surface area contributed by atoms with Gasteiger partial charge in [0.1, 0.15) is 0 Å². The van der Waals surface area contributed by atoms with E-state index in [0.717, 1.165) is 6.54 Å². The van der Waals surface area contributed by atoms with E-state index in [1.165, 1.54) is 4.18 Å². The molecule has 0 fully saturated rings. The van der Waals surface area contributed by atoms with Crippen molar-refractivity contribution in [2.24, 2.45) is 5.92 Å². The fraction of sp³-hybridized carbons (Fsp3) is 1.00. The second-order valence-corrected chi connectivity index (χ2v) is 12.1. The molecule has 0 spiro atoms. The van der Waals surface area contributed by atoms with Crippen LogP contribution < -0.4 is 0 Å². The molecule has 0 rings (SSSR count). The average molecular weight is 289 g/mol. The number of hydrogen-bond donors (Lipinski definition) is 0. The van der Waals surface area contributed by atoms with Crippen molar-refractivity contribution < 1.29 is 2.85 Å². The molecular formula is C10H24InNO. The third kappa shape index (κ3) is 6.81. The Kier molecular flexibility index (Phi) is 7.56. The predicted octanol–water partition coefficient (Wildman–Crippen LogP) is 2.23. The molecule has 0 aromatic heterocycles. The van der Waals surface area contributed by atoms with Crippen molar-refractivity contribution in [3.8, 4) is 0 Å². The Hall–Kier alpha value is 0.790. The number of hydrogen-bond acceptors (Lipinski definition) is 2. The summed E-state index contributed by atoms with van der Waals surface area (Å²) in [5, 5.41) is 0.